The Kier molecular flexibility index (Phi) is 1.99. The third kappa shape index (κ3) is 1.11. The molecule has 0 amide bonds. The standard InChI is InChI=1S/C11H18O/c1-7-4-6-10(12)11-8(2)3-5-9(7)11/h4,8-12H,3,5-6H2,1-2H3/t8-,9+,10+,11+/m1/s1. The fraction of sp³-hybridized carbons (Fsp3) is 0.818. The van der Waals surface area contributed by atoms with Gasteiger partial charge in [0.1, 0.15) is 0 Å². The second kappa shape index (κ2) is 2.88. The highest BCUT2D eigenvalue weighted by Gasteiger charge is 2.40. The van der Waals surface area contributed by atoms with E-state index in [0.29, 0.717) is 11.8 Å². The van der Waals surface area contributed by atoms with E-state index in [9.17, 15) is 5.11 Å². The molecule has 2 rings (SSSR count). The lowest BCUT2D eigenvalue weighted by Crippen LogP contribution is -2.31. The van der Waals surface area contributed by atoms with Gasteiger partial charge in [0.25, 0.3) is 0 Å². The van der Waals surface area contributed by atoms with Crippen molar-refractivity contribution in [3.05, 3.63) is 11.6 Å². The summed E-state index contributed by atoms with van der Waals surface area (Å²) in [6, 6.07) is 0. The van der Waals surface area contributed by atoms with Crippen LogP contribution in [0.5, 0.6) is 0 Å². The Labute approximate surface area is 74.5 Å². The number of aliphatic hydroxyl groups excluding tert-OH is 1. The highest BCUT2D eigenvalue weighted by Crippen LogP contribution is 2.45. The molecule has 2 aliphatic rings. The third-order valence-electron chi connectivity index (χ3n) is 3.77. The van der Waals surface area contributed by atoms with Crippen molar-refractivity contribution in [2.24, 2.45) is 17.8 Å². The molecule has 0 bridgehead atoms. The fourth-order valence-electron chi connectivity index (χ4n) is 3.02. The Balaban J connectivity index is 2.23. The van der Waals surface area contributed by atoms with Crippen LogP contribution in [0, 0.1) is 17.8 Å². The first-order chi connectivity index (χ1) is 5.70. The van der Waals surface area contributed by atoms with Gasteiger partial charge in [0.2, 0.25) is 0 Å². The number of hydrogen-bond acceptors (Lipinski definition) is 1. The molecule has 0 aromatic carbocycles. The Morgan fingerprint density at radius 1 is 1.42 bits per heavy atom. The van der Waals surface area contributed by atoms with Crippen LogP contribution in [-0.4, -0.2) is 11.2 Å². The molecule has 0 aromatic rings. The van der Waals surface area contributed by atoms with Crippen molar-refractivity contribution < 1.29 is 5.11 Å². The Hall–Kier alpha value is -0.300. The van der Waals surface area contributed by atoms with Gasteiger partial charge >= 0.3 is 0 Å². The Morgan fingerprint density at radius 3 is 2.83 bits per heavy atom. The summed E-state index contributed by atoms with van der Waals surface area (Å²) in [5.74, 6) is 1.99. The largest absolute Gasteiger partial charge is 0.392 e. The first-order valence-corrected chi connectivity index (χ1v) is 5.05. The summed E-state index contributed by atoms with van der Waals surface area (Å²) >= 11 is 0. The second-order valence-corrected chi connectivity index (χ2v) is 4.49. The molecule has 1 heteroatoms. The first kappa shape index (κ1) is 8.31. The third-order valence-corrected chi connectivity index (χ3v) is 3.77. The van der Waals surface area contributed by atoms with Crippen molar-refractivity contribution in [3.63, 3.8) is 0 Å². The van der Waals surface area contributed by atoms with Crippen molar-refractivity contribution in [2.75, 3.05) is 0 Å². The predicted molar refractivity (Wildman–Crippen MR) is 49.8 cm³/mol. The molecule has 1 N–H and O–H groups in total. The lowest BCUT2D eigenvalue weighted by molar-refractivity contribution is 0.0674. The zero-order valence-corrected chi connectivity index (χ0v) is 7.96. The molecule has 0 heterocycles. The molecule has 1 nitrogen and oxygen atoms in total. The van der Waals surface area contributed by atoms with Gasteiger partial charge in [0.05, 0.1) is 6.10 Å². The van der Waals surface area contributed by atoms with Gasteiger partial charge in [0.15, 0.2) is 0 Å². The Morgan fingerprint density at radius 2 is 2.17 bits per heavy atom. The summed E-state index contributed by atoms with van der Waals surface area (Å²) < 4.78 is 0. The molecular formula is C11H18O. The molecule has 0 spiro atoms. The van der Waals surface area contributed by atoms with Crippen LogP contribution in [0.2, 0.25) is 0 Å². The molecule has 2 aliphatic carbocycles. The number of allylic oxidation sites excluding steroid dienone is 1. The maximum atomic E-state index is 9.82. The van der Waals surface area contributed by atoms with E-state index in [-0.39, 0.29) is 6.10 Å². The van der Waals surface area contributed by atoms with Gasteiger partial charge in [-0.05, 0) is 43.9 Å². The Bertz CT molecular complexity index is 207. The quantitative estimate of drug-likeness (QED) is 0.548. The van der Waals surface area contributed by atoms with Gasteiger partial charge in [-0.3, -0.25) is 0 Å². The minimum Gasteiger partial charge on any atom is -0.392 e. The normalized spacial score (nSPS) is 47.1. The topological polar surface area (TPSA) is 20.2 Å². The molecule has 0 radical (unpaired) electrons. The van der Waals surface area contributed by atoms with Gasteiger partial charge in [-0.25, -0.2) is 0 Å². The zero-order valence-electron chi connectivity index (χ0n) is 7.96. The van der Waals surface area contributed by atoms with Gasteiger partial charge < -0.3 is 5.11 Å². The average Bonchev–Trinajstić information content (AvgIpc) is 2.42. The van der Waals surface area contributed by atoms with Crippen LogP contribution in [0.4, 0.5) is 0 Å². The molecule has 0 unspecified atom stereocenters. The minimum absolute atomic E-state index is 0.0591. The molecule has 12 heavy (non-hydrogen) atoms. The van der Waals surface area contributed by atoms with E-state index >= 15 is 0 Å². The molecule has 0 aliphatic heterocycles. The monoisotopic (exact) mass is 166 g/mol. The predicted octanol–water partition coefficient (Wildman–Crippen LogP) is 2.36. The molecule has 4 atom stereocenters. The summed E-state index contributed by atoms with van der Waals surface area (Å²) in [7, 11) is 0. The lowest BCUT2D eigenvalue weighted by Gasteiger charge is -2.32. The minimum atomic E-state index is -0.0591. The van der Waals surface area contributed by atoms with E-state index < -0.39 is 0 Å². The van der Waals surface area contributed by atoms with Crippen molar-refractivity contribution in [1.82, 2.24) is 0 Å². The summed E-state index contributed by atoms with van der Waals surface area (Å²) in [5, 5.41) is 9.82. The van der Waals surface area contributed by atoms with E-state index in [1.807, 2.05) is 0 Å². The summed E-state index contributed by atoms with van der Waals surface area (Å²) in [5.41, 5.74) is 1.52. The van der Waals surface area contributed by atoms with Crippen molar-refractivity contribution in [1.29, 1.82) is 0 Å². The van der Waals surface area contributed by atoms with Crippen molar-refractivity contribution >= 4 is 0 Å². The van der Waals surface area contributed by atoms with Crippen LogP contribution in [0.3, 0.4) is 0 Å². The summed E-state index contributed by atoms with van der Waals surface area (Å²) in [4.78, 5) is 0. The van der Waals surface area contributed by atoms with Crippen LogP contribution >= 0.6 is 0 Å². The van der Waals surface area contributed by atoms with Crippen molar-refractivity contribution in [2.45, 2.75) is 39.2 Å². The zero-order chi connectivity index (χ0) is 8.72. The van der Waals surface area contributed by atoms with E-state index in [4.69, 9.17) is 0 Å². The highest BCUT2D eigenvalue weighted by molar-refractivity contribution is 5.14. The molecule has 1 saturated carbocycles. The highest BCUT2D eigenvalue weighted by atomic mass is 16.3. The van der Waals surface area contributed by atoms with E-state index in [1.54, 1.807) is 0 Å². The van der Waals surface area contributed by atoms with Crippen LogP contribution in [-0.2, 0) is 0 Å². The van der Waals surface area contributed by atoms with E-state index in [2.05, 4.69) is 19.9 Å². The number of hydrogen-bond donors (Lipinski definition) is 1. The number of fused-ring (bicyclic) bond motifs is 1. The fourth-order valence-corrected chi connectivity index (χ4v) is 3.02. The molecule has 0 aromatic heterocycles. The van der Waals surface area contributed by atoms with Gasteiger partial charge in [-0.2, -0.15) is 0 Å². The molecule has 68 valence electrons. The molecule has 1 fully saturated rings. The van der Waals surface area contributed by atoms with Gasteiger partial charge in [0, 0.05) is 0 Å². The van der Waals surface area contributed by atoms with Gasteiger partial charge in [-0.1, -0.05) is 18.6 Å². The SMILES string of the molecule is CC1=CC[C@H](O)[C@H]2[C@H](C)CC[C@@H]12. The number of aliphatic hydroxyl groups is 1. The number of rotatable bonds is 0. The maximum absolute atomic E-state index is 9.82. The van der Waals surface area contributed by atoms with Crippen LogP contribution in [0.15, 0.2) is 11.6 Å². The summed E-state index contributed by atoms with van der Waals surface area (Å²) in [6.45, 7) is 4.51. The van der Waals surface area contributed by atoms with E-state index in [0.717, 1.165) is 12.3 Å². The first-order valence-electron chi connectivity index (χ1n) is 5.05. The van der Waals surface area contributed by atoms with Crippen LogP contribution in [0.1, 0.15) is 33.1 Å². The smallest absolute Gasteiger partial charge is 0.0611 e. The maximum Gasteiger partial charge on any atom is 0.0611 e. The van der Waals surface area contributed by atoms with Crippen LogP contribution in [0.25, 0.3) is 0 Å². The second-order valence-electron chi connectivity index (χ2n) is 4.49. The van der Waals surface area contributed by atoms with Gasteiger partial charge in [-0.15, -0.1) is 0 Å². The van der Waals surface area contributed by atoms with Crippen LogP contribution < -0.4 is 0 Å². The molecule has 0 saturated heterocycles. The van der Waals surface area contributed by atoms with Crippen molar-refractivity contribution in [3.8, 4) is 0 Å². The molecular weight excluding hydrogens is 148 g/mol. The summed E-state index contributed by atoms with van der Waals surface area (Å²) in [6.07, 6.45) is 5.65. The lowest BCUT2D eigenvalue weighted by atomic mass is 9.76. The average molecular weight is 166 g/mol. The van der Waals surface area contributed by atoms with E-state index in [1.165, 1.54) is 18.4 Å².